The zero-order valence-corrected chi connectivity index (χ0v) is 13.9. The fraction of sp³-hybridized carbons (Fsp3) is 0.857. The molecule has 1 heterocycles. The van der Waals surface area contributed by atoms with Crippen LogP contribution in [-0.4, -0.2) is 93.0 Å². The van der Waals surface area contributed by atoms with Gasteiger partial charge in [-0.05, 0) is 20.3 Å². The van der Waals surface area contributed by atoms with Gasteiger partial charge in [0.1, 0.15) is 12.2 Å². The molecule has 0 aromatic heterocycles. The molecule has 1 aliphatic heterocycles. The van der Waals surface area contributed by atoms with E-state index < -0.39 is 29.9 Å². The molecule has 11 heteroatoms. The van der Waals surface area contributed by atoms with Gasteiger partial charge < -0.3 is 45.5 Å². The van der Waals surface area contributed by atoms with Gasteiger partial charge in [-0.3, -0.25) is 0 Å². The molecule has 6 atom stereocenters. The lowest BCUT2D eigenvalue weighted by molar-refractivity contribution is -0.168. The molecule has 0 radical (unpaired) electrons. The van der Waals surface area contributed by atoms with E-state index in [4.69, 9.17) is 45.5 Å². The molecular formula is C14H25NO10. The zero-order chi connectivity index (χ0) is 19.4. The Morgan fingerprint density at radius 1 is 1.16 bits per heavy atom. The summed E-state index contributed by atoms with van der Waals surface area (Å²) in [4.78, 5) is 19.5. The molecule has 2 rings (SSSR count). The highest BCUT2D eigenvalue weighted by molar-refractivity contribution is 5.83. The van der Waals surface area contributed by atoms with Crippen molar-refractivity contribution in [2.45, 2.75) is 62.6 Å². The Balaban J connectivity index is 0.000000275. The van der Waals surface area contributed by atoms with E-state index in [1.165, 1.54) is 0 Å². The van der Waals surface area contributed by atoms with Crippen LogP contribution in [0.1, 0.15) is 20.3 Å². The Bertz CT molecular complexity index is 453. The van der Waals surface area contributed by atoms with Crippen molar-refractivity contribution >= 4 is 11.9 Å². The Kier molecular flexibility index (Phi) is 7.68. The smallest absolute Gasteiger partial charge is 0.335 e. The van der Waals surface area contributed by atoms with Gasteiger partial charge in [-0.2, -0.15) is 0 Å². The van der Waals surface area contributed by atoms with Crippen molar-refractivity contribution in [3.8, 4) is 0 Å². The minimum Gasteiger partial charge on any atom is -0.479 e. The summed E-state index contributed by atoms with van der Waals surface area (Å²) in [5.74, 6) is -4.11. The molecule has 0 unspecified atom stereocenters. The molecule has 1 saturated carbocycles. The number of ether oxygens (including phenoxy) is 3. The molecule has 1 aliphatic carbocycles. The normalized spacial score (nSPS) is 32.2. The predicted octanol–water partition coefficient (Wildman–Crippen LogP) is -2.51. The van der Waals surface area contributed by atoms with Gasteiger partial charge >= 0.3 is 11.9 Å². The summed E-state index contributed by atoms with van der Waals surface area (Å²) in [5, 5.41) is 41.2. The molecule has 0 amide bonds. The Hall–Kier alpha value is -1.34. The molecule has 2 aliphatic rings. The lowest BCUT2D eigenvalue weighted by Crippen LogP contribution is -2.39. The van der Waals surface area contributed by atoms with Gasteiger partial charge in [0.15, 0.2) is 18.0 Å². The third kappa shape index (κ3) is 5.85. The standard InChI is InChI=1S/C10H19NO4.C4H6O6/c1-10(2)14-8-6(11)5-7(9(8)15-10)13-4-3-12;5-1(3(7)8)2(6)4(9)10/h6-9,12H,3-5,11H2,1-2H3;1-2,5-6H,(H,7,8)(H,9,10)/t6-,7+,8+,9-;1-,2-/m00/s1. The maximum Gasteiger partial charge on any atom is 0.335 e. The Morgan fingerprint density at radius 2 is 1.64 bits per heavy atom. The van der Waals surface area contributed by atoms with Crippen molar-refractivity contribution in [3.05, 3.63) is 0 Å². The van der Waals surface area contributed by atoms with Gasteiger partial charge in [-0.25, -0.2) is 9.59 Å². The number of nitrogens with two attached hydrogens (primary N) is 1. The third-order valence-corrected chi connectivity index (χ3v) is 3.68. The highest BCUT2D eigenvalue weighted by Crippen LogP contribution is 2.38. The number of aliphatic hydroxyl groups excluding tert-OH is 3. The van der Waals surface area contributed by atoms with Crippen LogP contribution in [0, 0.1) is 0 Å². The molecule has 0 aromatic rings. The van der Waals surface area contributed by atoms with E-state index in [2.05, 4.69) is 0 Å². The van der Waals surface area contributed by atoms with Crippen LogP contribution in [0.5, 0.6) is 0 Å². The third-order valence-electron chi connectivity index (χ3n) is 3.68. The SMILES string of the molecule is CC1(C)O[C@@H]2[C@H](O1)[C@@H](N)C[C@H]2OCCO.O=C(O)[C@@H](O)[C@H](O)C(=O)O. The summed E-state index contributed by atoms with van der Waals surface area (Å²) in [6.45, 7) is 4.10. The van der Waals surface area contributed by atoms with E-state index in [1.807, 2.05) is 13.8 Å². The van der Waals surface area contributed by atoms with Crippen LogP contribution in [0.15, 0.2) is 0 Å². The summed E-state index contributed by atoms with van der Waals surface area (Å²) >= 11 is 0. The monoisotopic (exact) mass is 367 g/mol. The van der Waals surface area contributed by atoms with Crippen LogP contribution in [0.25, 0.3) is 0 Å². The number of aliphatic hydroxyl groups is 3. The average Bonchev–Trinajstić information content (AvgIpc) is 2.98. The fourth-order valence-corrected chi connectivity index (χ4v) is 2.61. The van der Waals surface area contributed by atoms with E-state index in [0.29, 0.717) is 6.61 Å². The van der Waals surface area contributed by atoms with Crippen LogP contribution in [0.2, 0.25) is 0 Å². The van der Waals surface area contributed by atoms with Crippen molar-refractivity contribution in [1.29, 1.82) is 0 Å². The highest BCUT2D eigenvalue weighted by Gasteiger charge is 2.53. The van der Waals surface area contributed by atoms with E-state index in [-0.39, 0.29) is 31.0 Å². The first kappa shape index (κ1) is 21.7. The molecular weight excluding hydrogens is 342 g/mol. The number of hydrogen-bond acceptors (Lipinski definition) is 9. The van der Waals surface area contributed by atoms with E-state index in [0.717, 1.165) is 6.42 Å². The van der Waals surface area contributed by atoms with Crippen molar-refractivity contribution < 1.29 is 49.3 Å². The maximum atomic E-state index is 9.77. The molecule has 1 saturated heterocycles. The first-order chi connectivity index (χ1) is 11.5. The van der Waals surface area contributed by atoms with E-state index in [9.17, 15) is 9.59 Å². The zero-order valence-electron chi connectivity index (χ0n) is 13.9. The van der Waals surface area contributed by atoms with Crippen molar-refractivity contribution in [1.82, 2.24) is 0 Å². The number of carboxylic acid groups (broad SMARTS) is 2. The van der Waals surface area contributed by atoms with Gasteiger partial charge in [0.2, 0.25) is 0 Å². The number of carbonyl (C=O) groups is 2. The quantitative estimate of drug-likeness (QED) is 0.291. The van der Waals surface area contributed by atoms with Gasteiger partial charge in [0.05, 0.1) is 19.3 Å². The van der Waals surface area contributed by atoms with Gasteiger partial charge in [-0.1, -0.05) is 0 Å². The van der Waals surface area contributed by atoms with Crippen LogP contribution in [0.3, 0.4) is 0 Å². The van der Waals surface area contributed by atoms with Crippen LogP contribution in [0.4, 0.5) is 0 Å². The average molecular weight is 367 g/mol. The molecule has 25 heavy (non-hydrogen) atoms. The summed E-state index contributed by atoms with van der Waals surface area (Å²) in [7, 11) is 0. The van der Waals surface area contributed by atoms with Crippen molar-refractivity contribution in [2.75, 3.05) is 13.2 Å². The van der Waals surface area contributed by atoms with Crippen molar-refractivity contribution in [2.24, 2.45) is 5.73 Å². The van der Waals surface area contributed by atoms with Crippen LogP contribution < -0.4 is 5.73 Å². The molecule has 11 nitrogen and oxygen atoms in total. The summed E-state index contributed by atoms with van der Waals surface area (Å²) in [6, 6.07) is -0.0412. The minimum atomic E-state index is -2.27. The largest absolute Gasteiger partial charge is 0.479 e. The van der Waals surface area contributed by atoms with Gasteiger partial charge in [0.25, 0.3) is 0 Å². The van der Waals surface area contributed by atoms with Gasteiger partial charge in [-0.15, -0.1) is 0 Å². The molecule has 0 bridgehead atoms. The maximum absolute atomic E-state index is 9.77. The van der Waals surface area contributed by atoms with Crippen LogP contribution in [-0.2, 0) is 23.8 Å². The predicted molar refractivity (Wildman–Crippen MR) is 80.5 cm³/mol. The first-order valence-corrected chi connectivity index (χ1v) is 7.65. The topological polar surface area (TPSA) is 189 Å². The second-order valence-corrected chi connectivity index (χ2v) is 6.16. The number of aliphatic carboxylic acids is 2. The molecule has 0 spiro atoms. The number of rotatable bonds is 6. The summed E-state index contributed by atoms with van der Waals surface area (Å²) in [5.41, 5.74) is 5.96. The molecule has 7 N–H and O–H groups in total. The van der Waals surface area contributed by atoms with E-state index >= 15 is 0 Å². The minimum absolute atomic E-state index is 0.0212. The Morgan fingerprint density at radius 3 is 2.08 bits per heavy atom. The second-order valence-electron chi connectivity index (χ2n) is 6.16. The number of hydrogen-bond donors (Lipinski definition) is 6. The molecule has 2 fully saturated rings. The lowest BCUT2D eigenvalue weighted by atomic mass is 10.2. The van der Waals surface area contributed by atoms with E-state index in [1.54, 1.807) is 0 Å². The fourth-order valence-electron chi connectivity index (χ4n) is 2.61. The molecule has 146 valence electrons. The lowest BCUT2D eigenvalue weighted by Gasteiger charge is -2.22. The van der Waals surface area contributed by atoms with Crippen LogP contribution >= 0.6 is 0 Å². The second kappa shape index (κ2) is 8.85. The first-order valence-electron chi connectivity index (χ1n) is 7.65. The summed E-state index contributed by atoms with van der Waals surface area (Å²) < 4.78 is 16.9. The Labute approximate surface area is 143 Å². The summed E-state index contributed by atoms with van der Waals surface area (Å²) in [6.07, 6.45) is -4.04. The number of carboxylic acids is 2. The molecule has 0 aromatic carbocycles. The van der Waals surface area contributed by atoms with Gasteiger partial charge in [0, 0.05) is 6.04 Å². The number of fused-ring (bicyclic) bond motifs is 1. The highest BCUT2D eigenvalue weighted by atomic mass is 16.8. The van der Waals surface area contributed by atoms with Crippen molar-refractivity contribution in [3.63, 3.8) is 0 Å².